The maximum atomic E-state index is 12.1. The molecule has 2 amide bonds. The third kappa shape index (κ3) is 4.70. The van der Waals surface area contributed by atoms with Crippen molar-refractivity contribution in [1.82, 2.24) is 25.6 Å². The molecule has 0 aromatic carbocycles. The van der Waals surface area contributed by atoms with Gasteiger partial charge in [-0.15, -0.1) is 0 Å². The van der Waals surface area contributed by atoms with Gasteiger partial charge in [-0.1, -0.05) is 12.1 Å². The van der Waals surface area contributed by atoms with Crippen molar-refractivity contribution in [2.75, 3.05) is 0 Å². The molecule has 0 radical (unpaired) electrons. The number of pyridine rings is 3. The van der Waals surface area contributed by atoms with Crippen LogP contribution in [-0.2, 0) is 13.1 Å². The standard InChI is InChI=1S/C19H17N5O2/c25-18(23-11-14-3-1-7-20-9-14)16-5-6-17(22-13-16)19(26)24-12-15-4-2-8-21-10-15/h1-10,13H,11-12H2,(H,23,25)(H,24,26). The average molecular weight is 347 g/mol. The Morgan fingerprint density at radius 3 is 1.88 bits per heavy atom. The minimum Gasteiger partial charge on any atom is -0.348 e. The zero-order valence-corrected chi connectivity index (χ0v) is 13.9. The summed E-state index contributed by atoms with van der Waals surface area (Å²) in [6, 6.07) is 10.5. The summed E-state index contributed by atoms with van der Waals surface area (Å²) in [5, 5.41) is 5.55. The van der Waals surface area contributed by atoms with Gasteiger partial charge in [0.25, 0.3) is 11.8 Å². The highest BCUT2D eigenvalue weighted by atomic mass is 16.2. The Labute approximate surface area is 150 Å². The molecule has 2 N–H and O–H groups in total. The maximum absolute atomic E-state index is 12.1. The summed E-state index contributed by atoms with van der Waals surface area (Å²) in [5.74, 6) is -0.570. The summed E-state index contributed by atoms with van der Waals surface area (Å²) < 4.78 is 0. The Hall–Kier alpha value is -3.61. The van der Waals surface area contributed by atoms with Crippen molar-refractivity contribution in [3.63, 3.8) is 0 Å². The number of carbonyl (C=O) groups is 2. The third-order valence-electron chi connectivity index (χ3n) is 3.61. The first-order chi connectivity index (χ1) is 12.7. The lowest BCUT2D eigenvalue weighted by molar-refractivity contribution is 0.0935. The molecule has 0 spiro atoms. The van der Waals surface area contributed by atoms with Crippen LogP contribution >= 0.6 is 0 Å². The Morgan fingerprint density at radius 2 is 1.38 bits per heavy atom. The van der Waals surface area contributed by atoms with Gasteiger partial charge >= 0.3 is 0 Å². The summed E-state index contributed by atoms with van der Waals surface area (Å²) >= 11 is 0. The van der Waals surface area contributed by atoms with Gasteiger partial charge in [0, 0.05) is 44.1 Å². The van der Waals surface area contributed by atoms with Crippen LogP contribution in [0.25, 0.3) is 0 Å². The van der Waals surface area contributed by atoms with Gasteiger partial charge in [-0.05, 0) is 35.4 Å². The highest BCUT2D eigenvalue weighted by Crippen LogP contribution is 2.03. The smallest absolute Gasteiger partial charge is 0.270 e. The summed E-state index contributed by atoms with van der Waals surface area (Å²) in [6.45, 7) is 0.738. The third-order valence-corrected chi connectivity index (χ3v) is 3.61. The molecule has 3 rings (SSSR count). The Bertz CT molecular complexity index is 793. The van der Waals surface area contributed by atoms with Gasteiger partial charge in [0.15, 0.2) is 0 Å². The maximum Gasteiger partial charge on any atom is 0.270 e. The summed E-state index contributed by atoms with van der Waals surface area (Å²) in [4.78, 5) is 36.3. The highest BCUT2D eigenvalue weighted by molar-refractivity contribution is 5.96. The van der Waals surface area contributed by atoms with Gasteiger partial charge in [0.05, 0.1) is 5.56 Å². The van der Waals surface area contributed by atoms with Crippen molar-refractivity contribution in [1.29, 1.82) is 0 Å². The number of amides is 2. The summed E-state index contributed by atoms with van der Waals surface area (Å²) in [6.07, 6.45) is 8.10. The molecule has 0 unspecified atom stereocenters. The second-order valence-electron chi connectivity index (χ2n) is 5.52. The first-order valence-electron chi connectivity index (χ1n) is 8.02. The SMILES string of the molecule is O=C(NCc1cccnc1)c1ccc(C(=O)NCc2cccnc2)nc1. The van der Waals surface area contributed by atoms with E-state index < -0.39 is 0 Å². The van der Waals surface area contributed by atoms with E-state index in [1.165, 1.54) is 12.3 Å². The minimum atomic E-state index is -0.309. The Kier molecular flexibility index (Phi) is 5.61. The zero-order valence-electron chi connectivity index (χ0n) is 13.9. The quantitative estimate of drug-likeness (QED) is 0.708. The van der Waals surface area contributed by atoms with Crippen molar-refractivity contribution in [2.24, 2.45) is 0 Å². The molecule has 0 fully saturated rings. The van der Waals surface area contributed by atoms with Crippen molar-refractivity contribution in [2.45, 2.75) is 13.1 Å². The van der Waals surface area contributed by atoms with Crippen LogP contribution in [0.2, 0.25) is 0 Å². The fourth-order valence-corrected chi connectivity index (χ4v) is 2.23. The molecular weight excluding hydrogens is 330 g/mol. The molecule has 0 bridgehead atoms. The van der Waals surface area contributed by atoms with Gasteiger partial charge in [0.1, 0.15) is 5.69 Å². The molecule has 0 saturated heterocycles. The van der Waals surface area contributed by atoms with E-state index in [0.717, 1.165) is 11.1 Å². The lowest BCUT2D eigenvalue weighted by atomic mass is 10.2. The first-order valence-corrected chi connectivity index (χ1v) is 8.02. The van der Waals surface area contributed by atoms with Gasteiger partial charge < -0.3 is 10.6 Å². The second kappa shape index (κ2) is 8.48. The van der Waals surface area contributed by atoms with E-state index >= 15 is 0 Å². The van der Waals surface area contributed by atoms with Gasteiger partial charge in [-0.3, -0.25) is 24.5 Å². The summed E-state index contributed by atoms with van der Waals surface area (Å²) in [7, 11) is 0. The fraction of sp³-hybridized carbons (Fsp3) is 0.105. The van der Waals surface area contributed by atoms with E-state index in [0.29, 0.717) is 18.7 Å². The van der Waals surface area contributed by atoms with E-state index in [9.17, 15) is 9.59 Å². The Morgan fingerprint density at radius 1 is 0.769 bits per heavy atom. The molecule has 0 aliphatic rings. The number of nitrogens with zero attached hydrogens (tertiary/aromatic N) is 3. The molecule has 0 aliphatic carbocycles. The van der Waals surface area contributed by atoms with E-state index in [-0.39, 0.29) is 17.5 Å². The highest BCUT2D eigenvalue weighted by Gasteiger charge is 2.10. The number of rotatable bonds is 6. The van der Waals surface area contributed by atoms with E-state index in [1.807, 2.05) is 18.2 Å². The van der Waals surface area contributed by atoms with Crippen molar-refractivity contribution in [3.8, 4) is 0 Å². The molecule has 3 aromatic heterocycles. The fourth-order valence-electron chi connectivity index (χ4n) is 2.23. The molecule has 0 saturated carbocycles. The van der Waals surface area contributed by atoms with Gasteiger partial charge in [-0.25, -0.2) is 0 Å². The number of aromatic nitrogens is 3. The molecule has 3 heterocycles. The monoisotopic (exact) mass is 347 g/mol. The lowest BCUT2D eigenvalue weighted by Crippen LogP contribution is -2.25. The molecule has 7 heteroatoms. The van der Waals surface area contributed by atoms with E-state index in [1.54, 1.807) is 36.9 Å². The molecule has 7 nitrogen and oxygen atoms in total. The topological polar surface area (TPSA) is 96.9 Å². The van der Waals surface area contributed by atoms with Crippen LogP contribution in [0, 0.1) is 0 Å². The molecule has 3 aromatic rings. The number of hydrogen-bond donors (Lipinski definition) is 2. The zero-order chi connectivity index (χ0) is 18.2. The second-order valence-corrected chi connectivity index (χ2v) is 5.52. The Balaban J connectivity index is 1.53. The minimum absolute atomic E-state index is 0.248. The molecule has 130 valence electrons. The van der Waals surface area contributed by atoms with Crippen LogP contribution in [0.15, 0.2) is 67.4 Å². The van der Waals surface area contributed by atoms with Crippen LogP contribution in [0.3, 0.4) is 0 Å². The largest absolute Gasteiger partial charge is 0.348 e. The van der Waals surface area contributed by atoms with Crippen molar-refractivity contribution >= 4 is 11.8 Å². The number of carbonyl (C=O) groups excluding carboxylic acids is 2. The molecular formula is C19H17N5O2. The lowest BCUT2D eigenvalue weighted by Gasteiger charge is -2.07. The predicted octanol–water partition coefficient (Wildman–Crippen LogP) is 1.73. The van der Waals surface area contributed by atoms with Crippen LogP contribution in [0.5, 0.6) is 0 Å². The normalized spacial score (nSPS) is 10.2. The van der Waals surface area contributed by atoms with E-state index in [4.69, 9.17) is 0 Å². The molecule has 0 aliphatic heterocycles. The van der Waals surface area contributed by atoms with Crippen molar-refractivity contribution < 1.29 is 9.59 Å². The van der Waals surface area contributed by atoms with E-state index in [2.05, 4.69) is 25.6 Å². The molecule has 0 atom stereocenters. The van der Waals surface area contributed by atoms with Gasteiger partial charge in [-0.2, -0.15) is 0 Å². The number of nitrogens with one attached hydrogen (secondary N) is 2. The predicted molar refractivity (Wildman–Crippen MR) is 95.1 cm³/mol. The number of hydrogen-bond acceptors (Lipinski definition) is 5. The van der Waals surface area contributed by atoms with Gasteiger partial charge in [0.2, 0.25) is 0 Å². The van der Waals surface area contributed by atoms with Crippen LogP contribution < -0.4 is 10.6 Å². The average Bonchev–Trinajstić information content (AvgIpc) is 2.72. The molecule has 26 heavy (non-hydrogen) atoms. The van der Waals surface area contributed by atoms with Crippen LogP contribution in [0.1, 0.15) is 32.0 Å². The van der Waals surface area contributed by atoms with Crippen LogP contribution in [0.4, 0.5) is 0 Å². The van der Waals surface area contributed by atoms with Crippen LogP contribution in [-0.4, -0.2) is 26.8 Å². The van der Waals surface area contributed by atoms with Crippen molar-refractivity contribution in [3.05, 3.63) is 89.8 Å². The summed E-state index contributed by atoms with van der Waals surface area (Å²) in [5.41, 5.74) is 2.43. The first kappa shape index (κ1) is 17.2.